The average molecular weight is 330 g/mol. The van der Waals surface area contributed by atoms with Crippen LogP contribution in [0.1, 0.15) is 26.5 Å². The zero-order chi connectivity index (χ0) is 16.6. The first-order valence-corrected chi connectivity index (χ1v) is 7.17. The Hall–Kier alpha value is -2.79. The summed E-state index contributed by atoms with van der Waals surface area (Å²) in [5.41, 5.74) is 1.88. The molecule has 0 atom stereocenters. The highest BCUT2D eigenvalue weighted by Gasteiger charge is 2.22. The molecule has 3 rings (SSSR count). The van der Waals surface area contributed by atoms with E-state index in [1.807, 2.05) is 6.92 Å². The Kier molecular flexibility index (Phi) is 3.80. The van der Waals surface area contributed by atoms with E-state index >= 15 is 0 Å². The van der Waals surface area contributed by atoms with Gasteiger partial charge in [0.15, 0.2) is 0 Å². The van der Waals surface area contributed by atoms with Gasteiger partial charge in [0, 0.05) is 16.0 Å². The molecule has 2 aromatic carbocycles. The first-order chi connectivity index (χ1) is 11.0. The lowest BCUT2D eigenvalue weighted by Gasteiger charge is -2.05. The number of furan rings is 1. The summed E-state index contributed by atoms with van der Waals surface area (Å²) >= 11 is 5.95. The van der Waals surface area contributed by atoms with Crippen molar-refractivity contribution in [1.82, 2.24) is 0 Å². The second-order valence-corrected chi connectivity index (χ2v) is 5.51. The van der Waals surface area contributed by atoms with Gasteiger partial charge in [-0.3, -0.25) is 4.79 Å². The third-order valence-electron chi connectivity index (χ3n) is 3.40. The molecule has 1 aromatic heterocycles. The topological polar surface area (TPSA) is 79.5 Å². The fourth-order valence-electron chi connectivity index (χ4n) is 2.24. The van der Waals surface area contributed by atoms with E-state index in [2.05, 4.69) is 5.32 Å². The van der Waals surface area contributed by atoms with Gasteiger partial charge in [-0.05, 0) is 37.3 Å². The number of carboxylic acids is 1. The molecule has 6 heteroatoms. The summed E-state index contributed by atoms with van der Waals surface area (Å²) in [6.07, 6.45) is 0. The Morgan fingerprint density at radius 1 is 1.13 bits per heavy atom. The predicted molar refractivity (Wildman–Crippen MR) is 87.3 cm³/mol. The van der Waals surface area contributed by atoms with Crippen LogP contribution < -0.4 is 5.32 Å². The number of hydrogen-bond acceptors (Lipinski definition) is 3. The summed E-state index contributed by atoms with van der Waals surface area (Å²) < 4.78 is 5.30. The maximum Gasteiger partial charge on any atom is 0.374 e. The van der Waals surface area contributed by atoms with Crippen LogP contribution >= 0.6 is 11.6 Å². The molecule has 0 aliphatic carbocycles. The number of nitrogens with one attached hydrogen (secondary N) is 1. The van der Waals surface area contributed by atoms with Crippen molar-refractivity contribution in [2.24, 2.45) is 0 Å². The number of benzene rings is 2. The van der Waals surface area contributed by atoms with Crippen LogP contribution in [0.2, 0.25) is 5.02 Å². The summed E-state index contributed by atoms with van der Waals surface area (Å²) in [5.74, 6) is -2.02. The van der Waals surface area contributed by atoms with E-state index in [1.54, 1.807) is 42.5 Å². The second-order valence-electron chi connectivity index (χ2n) is 5.07. The predicted octanol–water partition coefficient (Wildman–Crippen LogP) is 4.35. The quantitative estimate of drug-likeness (QED) is 0.749. The SMILES string of the molecule is Cc1ccc(C(=O)Nc2c(C(=O)O)oc3ccc(Cl)cc23)cc1. The zero-order valence-corrected chi connectivity index (χ0v) is 12.8. The van der Waals surface area contributed by atoms with E-state index in [0.29, 0.717) is 21.6 Å². The monoisotopic (exact) mass is 329 g/mol. The van der Waals surface area contributed by atoms with E-state index in [-0.39, 0.29) is 11.4 Å². The molecule has 0 aliphatic heterocycles. The Labute approximate surface area is 136 Å². The summed E-state index contributed by atoms with van der Waals surface area (Å²) in [4.78, 5) is 23.7. The van der Waals surface area contributed by atoms with Crippen LogP contribution in [0.25, 0.3) is 11.0 Å². The van der Waals surface area contributed by atoms with Gasteiger partial charge in [-0.25, -0.2) is 4.79 Å². The number of fused-ring (bicyclic) bond motifs is 1. The standard InChI is InChI=1S/C17H12ClNO4/c1-9-2-4-10(5-3-9)16(20)19-14-12-8-11(18)6-7-13(12)23-15(14)17(21)22/h2-8H,1H3,(H,19,20)(H,21,22). The highest BCUT2D eigenvalue weighted by atomic mass is 35.5. The van der Waals surface area contributed by atoms with Crippen LogP contribution in [0.4, 0.5) is 5.69 Å². The molecule has 0 saturated carbocycles. The largest absolute Gasteiger partial charge is 0.475 e. The molecule has 1 heterocycles. The Bertz CT molecular complexity index is 912. The molecular weight excluding hydrogens is 318 g/mol. The van der Waals surface area contributed by atoms with Gasteiger partial charge in [-0.15, -0.1) is 0 Å². The van der Waals surface area contributed by atoms with Crippen molar-refractivity contribution in [1.29, 1.82) is 0 Å². The van der Waals surface area contributed by atoms with Gasteiger partial charge < -0.3 is 14.8 Å². The molecule has 0 bridgehead atoms. The number of carbonyl (C=O) groups is 2. The van der Waals surface area contributed by atoms with Gasteiger partial charge in [0.2, 0.25) is 5.76 Å². The van der Waals surface area contributed by atoms with Gasteiger partial charge >= 0.3 is 5.97 Å². The number of rotatable bonds is 3. The van der Waals surface area contributed by atoms with Crippen LogP contribution in [-0.2, 0) is 0 Å². The molecule has 0 saturated heterocycles. The second kappa shape index (κ2) is 5.78. The summed E-state index contributed by atoms with van der Waals surface area (Å²) in [7, 11) is 0. The number of carbonyl (C=O) groups excluding carboxylic acids is 1. The molecule has 5 nitrogen and oxygen atoms in total. The van der Waals surface area contributed by atoms with Crippen molar-refractivity contribution in [3.63, 3.8) is 0 Å². The van der Waals surface area contributed by atoms with Crippen molar-refractivity contribution in [3.05, 3.63) is 64.4 Å². The van der Waals surface area contributed by atoms with Crippen molar-refractivity contribution >= 4 is 40.1 Å². The molecular formula is C17H12ClNO4. The van der Waals surface area contributed by atoms with Gasteiger partial charge in [0.25, 0.3) is 5.91 Å². The van der Waals surface area contributed by atoms with Crippen molar-refractivity contribution in [2.45, 2.75) is 6.92 Å². The molecule has 0 radical (unpaired) electrons. The number of anilines is 1. The first-order valence-electron chi connectivity index (χ1n) is 6.79. The number of hydrogen-bond donors (Lipinski definition) is 2. The third-order valence-corrected chi connectivity index (χ3v) is 3.63. The van der Waals surface area contributed by atoms with E-state index in [9.17, 15) is 14.7 Å². The van der Waals surface area contributed by atoms with Crippen LogP contribution in [-0.4, -0.2) is 17.0 Å². The maximum absolute atomic E-state index is 12.3. The van der Waals surface area contributed by atoms with Crippen LogP contribution in [0.15, 0.2) is 46.9 Å². The minimum atomic E-state index is -1.27. The molecule has 2 N–H and O–H groups in total. The molecule has 0 unspecified atom stereocenters. The number of aryl methyl sites for hydroxylation is 1. The molecule has 0 fully saturated rings. The van der Waals surface area contributed by atoms with Crippen molar-refractivity contribution in [2.75, 3.05) is 5.32 Å². The van der Waals surface area contributed by atoms with E-state index < -0.39 is 11.9 Å². The normalized spacial score (nSPS) is 10.7. The molecule has 3 aromatic rings. The molecule has 23 heavy (non-hydrogen) atoms. The van der Waals surface area contributed by atoms with Gasteiger partial charge in [0.05, 0.1) is 0 Å². The minimum Gasteiger partial charge on any atom is -0.475 e. The van der Waals surface area contributed by atoms with Crippen LogP contribution in [0.3, 0.4) is 0 Å². The first kappa shape index (κ1) is 15.1. The number of carboxylic acid groups (broad SMARTS) is 1. The maximum atomic E-state index is 12.3. The van der Waals surface area contributed by atoms with Crippen molar-refractivity contribution in [3.8, 4) is 0 Å². The molecule has 1 amide bonds. The summed E-state index contributed by atoms with van der Waals surface area (Å²) in [5, 5.41) is 12.7. The lowest BCUT2D eigenvalue weighted by atomic mass is 10.1. The van der Waals surface area contributed by atoms with Crippen molar-refractivity contribution < 1.29 is 19.1 Å². The highest BCUT2D eigenvalue weighted by molar-refractivity contribution is 6.31. The molecule has 116 valence electrons. The Morgan fingerprint density at radius 3 is 2.48 bits per heavy atom. The van der Waals surface area contributed by atoms with Crippen LogP contribution in [0, 0.1) is 6.92 Å². The lowest BCUT2D eigenvalue weighted by Crippen LogP contribution is -2.13. The van der Waals surface area contributed by atoms with Gasteiger partial charge in [-0.2, -0.15) is 0 Å². The number of amides is 1. The minimum absolute atomic E-state index is 0.0978. The highest BCUT2D eigenvalue weighted by Crippen LogP contribution is 2.33. The summed E-state index contributed by atoms with van der Waals surface area (Å²) in [6.45, 7) is 1.91. The van der Waals surface area contributed by atoms with Crippen LogP contribution in [0.5, 0.6) is 0 Å². The average Bonchev–Trinajstić information content (AvgIpc) is 2.86. The fourth-order valence-corrected chi connectivity index (χ4v) is 2.41. The number of halogens is 1. The van der Waals surface area contributed by atoms with Gasteiger partial charge in [0.1, 0.15) is 11.3 Å². The lowest BCUT2D eigenvalue weighted by molar-refractivity contribution is 0.0666. The fraction of sp³-hybridized carbons (Fsp3) is 0.0588. The third kappa shape index (κ3) is 2.91. The zero-order valence-electron chi connectivity index (χ0n) is 12.1. The Balaban J connectivity index is 2.05. The molecule has 0 spiro atoms. The number of aromatic carboxylic acids is 1. The van der Waals surface area contributed by atoms with E-state index in [1.165, 1.54) is 0 Å². The summed E-state index contributed by atoms with van der Waals surface area (Å²) in [6, 6.07) is 11.6. The smallest absolute Gasteiger partial charge is 0.374 e. The van der Waals surface area contributed by atoms with Gasteiger partial charge in [-0.1, -0.05) is 29.3 Å². The molecule has 0 aliphatic rings. The Morgan fingerprint density at radius 2 is 1.83 bits per heavy atom. The van der Waals surface area contributed by atoms with E-state index in [4.69, 9.17) is 16.0 Å². The van der Waals surface area contributed by atoms with E-state index in [0.717, 1.165) is 5.56 Å².